The minimum Gasteiger partial charge on any atom is -0.399 e. The Bertz CT molecular complexity index is 414. The number of carbonyl (C=O) groups is 1. The van der Waals surface area contributed by atoms with Crippen LogP contribution in [-0.4, -0.2) is 17.0 Å². The lowest BCUT2D eigenvalue weighted by Gasteiger charge is -2.33. The molecule has 0 amide bonds. The molecule has 3 heteroatoms. The molecule has 0 saturated heterocycles. The number of rotatable bonds is 2. The molecule has 1 aromatic carbocycles. The number of hydrogen-bond donors (Lipinski definition) is 2. The maximum atomic E-state index is 9.35. The zero-order chi connectivity index (χ0) is 20.0. The van der Waals surface area contributed by atoms with Gasteiger partial charge >= 0.3 is 0 Å². The number of carbonyl (C=O) groups excluding carboxylic acids is 1. The van der Waals surface area contributed by atoms with E-state index in [1.165, 1.54) is 18.1 Å². The molecule has 142 valence electrons. The van der Waals surface area contributed by atoms with E-state index in [-0.39, 0.29) is 5.41 Å². The number of nitrogen functional groups attached to an aromatic ring is 1. The second-order valence-electron chi connectivity index (χ2n) is 6.78. The van der Waals surface area contributed by atoms with E-state index in [2.05, 4.69) is 26.0 Å². The molecular weight excluding hydrogens is 298 g/mol. The molecule has 3 nitrogen and oxygen atoms in total. The van der Waals surface area contributed by atoms with Gasteiger partial charge in [0.2, 0.25) is 0 Å². The third kappa shape index (κ3) is 13.1. The number of nitrogens with two attached hydrogens (primary N) is 1. The van der Waals surface area contributed by atoms with Gasteiger partial charge in [0.05, 0.1) is 5.60 Å². The summed E-state index contributed by atoms with van der Waals surface area (Å²) in [6.45, 7) is 19.5. The molecule has 0 atom stereocenters. The van der Waals surface area contributed by atoms with Crippen LogP contribution in [-0.2, 0) is 17.6 Å². The quantitative estimate of drug-likeness (QED) is 0.558. The maximum absolute atomic E-state index is 9.35. The Hall–Kier alpha value is -1.35. The highest BCUT2D eigenvalue weighted by Crippen LogP contribution is 2.28. The molecule has 0 aromatic heterocycles. The van der Waals surface area contributed by atoms with Crippen LogP contribution in [0, 0.1) is 5.41 Å². The highest BCUT2D eigenvalue weighted by atomic mass is 16.3. The van der Waals surface area contributed by atoms with Crippen LogP contribution < -0.4 is 5.73 Å². The predicted octanol–water partition coefficient (Wildman–Crippen LogP) is 5.43. The van der Waals surface area contributed by atoms with E-state index in [1.54, 1.807) is 0 Å². The van der Waals surface area contributed by atoms with Crippen molar-refractivity contribution in [3.63, 3.8) is 0 Å². The summed E-state index contributed by atoms with van der Waals surface area (Å²) in [7, 11) is 0. The molecule has 0 radical (unpaired) electrons. The summed E-state index contributed by atoms with van der Waals surface area (Å²) in [5, 5.41) is 9.35. The molecule has 1 rings (SSSR count). The van der Waals surface area contributed by atoms with Crippen LogP contribution in [0.25, 0.3) is 0 Å². The van der Waals surface area contributed by atoms with Crippen molar-refractivity contribution < 1.29 is 9.90 Å². The third-order valence-electron chi connectivity index (χ3n) is 3.83. The largest absolute Gasteiger partial charge is 0.399 e. The summed E-state index contributed by atoms with van der Waals surface area (Å²) in [4.78, 5) is 8.81. The Labute approximate surface area is 150 Å². The average molecular weight is 340 g/mol. The summed E-state index contributed by atoms with van der Waals surface area (Å²) in [5.74, 6) is 0. The van der Waals surface area contributed by atoms with Crippen LogP contribution in [0.1, 0.15) is 80.4 Å². The molecule has 3 N–H and O–H groups in total. The van der Waals surface area contributed by atoms with Crippen LogP contribution in [0.2, 0.25) is 0 Å². The van der Waals surface area contributed by atoms with Gasteiger partial charge in [-0.1, -0.05) is 54.5 Å². The third-order valence-corrected chi connectivity index (χ3v) is 3.83. The topological polar surface area (TPSA) is 63.3 Å². The molecule has 0 heterocycles. The standard InChI is InChI=1S/C10H15N.C7H16O.C2H4O.C2H6/c1-3-8-5-6-10(11)7-9(8)4-2;1-6(2,3)7(4,5)8;1-2-3;1-2/h5-7H,3-4,11H2,1-2H3;8H,1-5H3;2H,1H3;1-2H3. The molecule has 0 bridgehead atoms. The van der Waals surface area contributed by atoms with E-state index in [1.807, 2.05) is 54.5 Å². The van der Waals surface area contributed by atoms with Gasteiger partial charge in [-0.3, -0.25) is 0 Å². The summed E-state index contributed by atoms with van der Waals surface area (Å²) < 4.78 is 0. The number of hydrogen-bond acceptors (Lipinski definition) is 3. The Balaban J connectivity index is -0.000000299. The van der Waals surface area contributed by atoms with E-state index in [4.69, 9.17) is 10.5 Å². The van der Waals surface area contributed by atoms with E-state index < -0.39 is 5.60 Å². The minimum atomic E-state index is -0.562. The van der Waals surface area contributed by atoms with Gasteiger partial charge in [0, 0.05) is 5.69 Å². The Kier molecular flexibility index (Phi) is 16.1. The second-order valence-corrected chi connectivity index (χ2v) is 6.78. The van der Waals surface area contributed by atoms with E-state index in [0.717, 1.165) is 24.8 Å². The first-order valence-electron chi connectivity index (χ1n) is 8.93. The molecule has 24 heavy (non-hydrogen) atoms. The fourth-order valence-electron chi connectivity index (χ4n) is 1.32. The van der Waals surface area contributed by atoms with E-state index in [0.29, 0.717) is 0 Å². The minimum absolute atomic E-state index is 0.00694. The van der Waals surface area contributed by atoms with Crippen molar-refractivity contribution in [3.8, 4) is 0 Å². The van der Waals surface area contributed by atoms with Crippen molar-refractivity contribution in [2.75, 3.05) is 5.73 Å². The predicted molar refractivity (Wildman–Crippen MR) is 108 cm³/mol. The van der Waals surface area contributed by atoms with Gasteiger partial charge < -0.3 is 15.6 Å². The van der Waals surface area contributed by atoms with Gasteiger partial charge in [0.1, 0.15) is 6.29 Å². The lowest BCUT2D eigenvalue weighted by Crippen LogP contribution is -2.35. The Morgan fingerprint density at radius 3 is 1.58 bits per heavy atom. The number of aliphatic hydroxyl groups is 1. The molecule has 0 aliphatic heterocycles. The van der Waals surface area contributed by atoms with Crippen molar-refractivity contribution in [1.82, 2.24) is 0 Å². The molecule has 0 fully saturated rings. The van der Waals surface area contributed by atoms with E-state index >= 15 is 0 Å². The first-order chi connectivity index (χ1) is 10.9. The highest BCUT2D eigenvalue weighted by molar-refractivity contribution is 5.45. The van der Waals surface area contributed by atoms with Crippen LogP contribution in [0.5, 0.6) is 0 Å². The zero-order valence-electron chi connectivity index (χ0n) is 17.7. The average Bonchev–Trinajstić information content (AvgIpc) is 2.48. The van der Waals surface area contributed by atoms with Gasteiger partial charge in [-0.25, -0.2) is 0 Å². The maximum Gasteiger partial charge on any atom is 0.116 e. The van der Waals surface area contributed by atoms with Gasteiger partial charge in [-0.2, -0.15) is 0 Å². The molecule has 0 saturated carbocycles. The lowest BCUT2D eigenvalue weighted by molar-refractivity contribution is -0.106. The van der Waals surface area contributed by atoms with Gasteiger partial charge in [-0.05, 0) is 62.3 Å². The summed E-state index contributed by atoms with van der Waals surface area (Å²) >= 11 is 0. The summed E-state index contributed by atoms with van der Waals surface area (Å²) in [6, 6.07) is 6.16. The highest BCUT2D eigenvalue weighted by Gasteiger charge is 2.29. The summed E-state index contributed by atoms with van der Waals surface area (Å²) in [6.07, 6.45) is 2.93. The molecule has 0 aliphatic rings. The van der Waals surface area contributed by atoms with Crippen LogP contribution in [0.15, 0.2) is 18.2 Å². The Morgan fingerprint density at radius 1 is 1.00 bits per heavy atom. The normalized spacial score (nSPS) is 10.1. The molecule has 0 unspecified atom stereocenters. The van der Waals surface area contributed by atoms with Crippen molar-refractivity contribution >= 4 is 12.0 Å². The van der Waals surface area contributed by atoms with Crippen molar-refractivity contribution in [2.45, 2.75) is 87.7 Å². The van der Waals surface area contributed by atoms with Crippen LogP contribution >= 0.6 is 0 Å². The number of aryl methyl sites for hydroxylation is 2. The smallest absolute Gasteiger partial charge is 0.116 e. The van der Waals surface area contributed by atoms with Crippen LogP contribution in [0.4, 0.5) is 5.69 Å². The molecule has 0 aliphatic carbocycles. The number of aldehydes is 1. The van der Waals surface area contributed by atoms with Crippen molar-refractivity contribution in [1.29, 1.82) is 0 Å². The fraction of sp³-hybridized carbons (Fsp3) is 0.667. The molecule has 0 spiro atoms. The molecular formula is C21H41NO2. The lowest BCUT2D eigenvalue weighted by atomic mass is 9.79. The van der Waals surface area contributed by atoms with Crippen LogP contribution in [0.3, 0.4) is 0 Å². The first-order valence-corrected chi connectivity index (χ1v) is 8.93. The monoisotopic (exact) mass is 339 g/mol. The zero-order valence-corrected chi connectivity index (χ0v) is 17.7. The SMILES string of the molecule is CC.CC(C)(C)C(C)(C)O.CC=O.CCc1ccc(N)cc1CC. The van der Waals surface area contributed by atoms with E-state index in [9.17, 15) is 5.11 Å². The Morgan fingerprint density at radius 2 is 1.33 bits per heavy atom. The van der Waals surface area contributed by atoms with Gasteiger partial charge in [0.15, 0.2) is 0 Å². The first kappa shape index (κ1) is 27.5. The summed E-state index contributed by atoms with van der Waals surface area (Å²) in [5.41, 5.74) is 8.76. The van der Waals surface area contributed by atoms with Crippen molar-refractivity contribution in [2.24, 2.45) is 5.41 Å². The second kappa shape index (κ2) is 14.0. The van der Waals surface area contributed by atoms with Crippen molar-refractivity contribution in [3.05, 3.63) is 29.3 Å². The number of anilines is 1. The fourth-order valence-corrected chi connectivity index (χ4v) is 1.32. The van der Waals surface area contributed by atoms with Gasteiger partial charge in [-0.15, -0.1) is 0 Å². The van der Waals surface area contributed by atoms with Gasteiger partial charge in [0.25, 0.3) is 0 Å². The number of benzene rings is 1. The molecule has 1 aromatic rings.